The summed E-state index contributed by atoms with van der Waals surface area (Å²) in [6, 6.07) is -0.915. The lowest BCUT2D eigenvalue weighted by Gasteiger charge is -2.17. The highest BCUT2D eigenvalue weighted by Gasteiger charge is 2.42. The minimum Gasteiger partial charge on any atom is -0.394 e. The number of nitrogens with one attached hydrogen (secondary N) is 1. The van der Waals surface area contributed by atoms with Crippen LogP contribution in [0.4, 0.5) is 4.39 Å². The molecule has 0 radical (unpaired) electrons. The molecule has 4 atom stereocenters. The van der Waals surface area contributed by atoms with Crippen LogP contribution >= 0.6 is 0 Å². The van der Waals surface area contributed by atoms with Crippen molar-refractivity contribution in [1.29, 1.82) is 0 Å². The lowest BCUT2D eigenvalue weighted by atomic mass is 10.1. The molecule has 1 fully saturated rings. The van der Waals surface area contributed by atoms with Gasteiger partial charge in [-0.1, -0.05) is 0 Å². The quantitative estimate of drug-likeness (QED) is 0.456. The Labute approximate surface area is 99.4 Å². The number of rotatable bonds is 2. The van der Waals surface area contributed by atoms with Crippen molar-refractivity contribution in [3.05, 3.63) is 32.9 Å². The first-order chi connectivity index (χ1) is 8.45. The van der Waals surface area contributed by atoms with Crippen molar-refractivity contribution in [2.45, 2.75) is 24.5 Å². The Morgan fingerprint density at radius 1 is 1.56 bits per heavy atom. The van der Waals surface area contributed by atoms with E-state index in [1.165, 1.54) is 0 Å². The van der Waals surface area contributed by atoms with Crippen molar-refractivity contribution in [2.75, 3.05) is 6.61 Å². The van der Waals surface area contributed by atoms with Crippen molar-refractivity contribution in [3.8, 4) is 0 Å². The Morgan fingerprint density at radius 2 is 2.22 bits per heavy atom. The lowest BCUT2D eigenvalue weighted by molar-refractivity contribution is -0.0536. The van der Waals surface area contributed by atoms with Gasteiger partial charge in [-0.2, -0.15) is 4.39 Å². The largest absolute Gasteiger partial charge is 0.394 e. The van der Waals surface area contributed by atoms with Crippen LogP contribution < -0.4 is 17.0 Å². The Morgan fingerprint density at radius 3 is 2.78 bits per heavy atom. The molecule has 0 bridgehead atoms. The SMILES string of the molecule is NC1C(CO)OC(n2cc(F)c(=O)[nH]c2=O)C1O. The summed E-state index contributed by atoms with van der Waals surface area (Å²) in [7, 11) is 0. The van der Waals surface area contributed by atoms with Gasteiger partial charge >= 0.3 is 5.69 Å². The highest BCUT2D eigenvalue weighted by Crippen LogP contribution is 2.26. The van der Waals surface area contributed by atoms with E-state index in [4.69, 9.17) is 15.6 Å². The molecule has 2 rings (SSSR count). The zero-order chi connectivity index (χ0) is 13.4. The molecule has 0 aliphatic carbocycles. The summed E-state index contributed by atoms with van der Waals surface area (Å²) in [5.74, 6) is -1.19. The van der Waals surface area contributed by atoms with Gasteiger partial charge in [-0.15, -0.1) is 0 Å². The van der Waals surface area contributed by atoms with Gasteiger partial charge in [0.05, 0.1) is 18.8 Å². The van der Waals surface area contributed by atoms with E-state index in [2.05, 4.69) is 0 Å². The smallest absolute Gasteiger partial charge is 0.330 e. The third-order valence-corrected chi connectivity index (χ3v) is 2.81. The number of aliphatic hydroxyl groups excluding tert-OH is 2. The maximum absolute atomic E-state index is 13.1. The molecule has 1 aliphatic heterocycles. The number of aromatic nitrogens is 2. The molecule has 2 heterocycles. The van der Waals surface area contributed by atoms with Gasteiger partial charge in [-0.05, 0) is 0 Å². The molecule has 8 nitrogen and oxygen atoms in total. The average Bonchev–Trinajstić information content (AvgIpc) is 2.61. The second kappa shape index (κ2) is 4.61. The molecule has 1 aromatic heterocycles. The van der Waals surface area contributed by atoms with E-state index in [1.807, 2.05) is 0 Å². The van der Waals surface area contributed by atoms with Crippen molar-refractivity contribution >= 4 is 0 Å². The van der Waals surface area contributed by atoms with Crippen molar-refractivity contribution in [1.82, 2.24) is 9.55 Å². The van der Waals surface area contributed by atoms with Crippen LogP contribution in [0.1, 0.15) is 6.23 Å². The highest BCUT2D eigenvalue weighted by molar-refractivity contribution is 4.96. The number of halogens is 1. The molecule has 0 saturated carbocycles. The zero-order valence-electron chi connectivity index (χ0n) is 9.12. The molecule has 5 N–H and O–H groups in total. The van der Waals surface area contributed by atoms with E-state index in [-0.39, 0.29) is 0 Å². The van der Waals surface area contributed by atoms with Gasteiger partial charge in [0.15, 0.2) is 6.23 Å². The summed E-state index contributed by atoms with van der Waals surface area (Å²) in [4.78, 5) is 24.1. The van der Waals surface area contributed by atoms with Crippen LogP contribution in [0, 0.1) is 5.82 Å². The van der Waals surface area contributed by atoms with Crippen LogP contribution in [0.5, 0.6) is 0 Å². The summed E-state index contributed by atoms with van der Waals surface area (Å²) in [5.41, 5.74) is 3.47. The first-order valence-corrected chi connectivity index (χ1v) is 5.16. The standard InChI is InChI=1S/C9H12FN3O5/c10-3-1-13(9(17)12-7(3)16)8-6(15)5(11)4(2-14)18-8/h1,4-6,8,14-15H,2,11H2,(H,12,16,17). The van der Waals surface area contributed by atoms with Crippen LogP contribution in [0.15, 0.2) is 15.8 Å². The third-order valence-electron chi connectivity index (χ3n) is 2.81. The second-order valence-electron chi connectivity index (χ2n) is 3.96. The molecule has 100 valence electrons. The molecule has 1 aromatic rings. The lowest BCUT2D eigenvalue weighted by Crippen LogP contribution is -2.42. The Kier molecular flexibility index (Phi) is 3.30. The molecule has 0 amide bonds. The fraction of sp³-hybridized carbons (Fsp3) is 0.556. The molecular weight excluding hydrogens is 249 g/mol. The van der Waals surface area contributed by atoms with Crippen molar-refractivity contribution < 1.29 is 19.3 Å². The van der Waals surface area contributed by atoms with Crippen LogP contribution in [0.2, 0.25) is 0 Å². The average molecular weight is 261 g/mol. The van der Waals surface area contributed by atoms with Crippen molar-refractivity contribution in [2.24, 2.45) is 5.73 Å². The number of nitrogens with zero attached hydrogens (tertiary/aromatic N) is 1. The van der Waals surface area contributed by atoms with E-state index in [0.717, 1.165) is 0 Å². The van der Waals surface area contributed by atoms with Gasteiger partial charge in [0.2, 0.25) is 5.82 Å². The number of ether oxygens (including phenoxy) is 1. The Balaban J connectivity index is 2.42. The molecule has 1 aliphatic rings. The Bertz CT molecular complexity index is 556. The first kappa shape index (κ1) is 12.9. The van der Waals surface area contributed by atoms with Gasteiger partial charge in [-0.3, -0.25) is 14.3 Å². The van der Waals surface area contributed by atoms with E-state index in [1.54, 1.807) is 4.98 Å². The molecule has 1 saturated heterocycles. The fourth-order valence-corrected chi connectivity index (χ4v) is 1.80. The monoisotopic (exact) mass is 261 g/mol. The molecule has 0 spiro atoms. The number of aliphatic hydroxyl groups is 2. The molecule has 18 heavy (non-hydrogen) atoms. The van der Waals surface area contributed by atoms with Gasteiger partial charge < -0.3 is 20.7 Å². The highest BCUT2D eigenvalue weighted by atomic mass is 19.1. The zero-order valence-corrected chi connectivity index (χ0v) is 9.12. The first-order valence-electron chi connectivity index (χ1n) is 5.16. The number of nitrogens with two attached hydrogens (primary N) is 1. The minimum atomic E-state index is -1.30. The second-order valence-corrected chi connectivity index (χ2v) is 3.96. The van der Waals surface area contributed by atoms with Crippen molar-refractivity contribution in [3.63, 3.8) is 0 Å². The predicted octanol–water partition coefficient (Wildman–Crippen LogP) is -2.75. The molecular formula is C9H12FN3O5. The molecule has 4 unspecified atom stereocenters. The Hall–Kier alpha value is -1.55. The number of hydrogen-bond acceptors (Lipinski definition) is 6. The third kappa shape index (κ3) is 1.97. The van der Waals surface area contributed by atoms with E-state index < -0.39 is 48.2 Å². The van der Waals surface area contributed by atoms with Gasteiger partial charge in [0, 0.05) is 0 Å². The topological polar surface area (TPSA) is 131 Å². The summed E-state index contributed by atoms with van der Waals surface area (Å²) in [6.45, 7) is -0.449. The summed E-state index contributed by atoms with van der Waals surface area (Å²) >= 11 is 0. The fourth-order valence-electron chi connectivity index (χ4n) is 1.80. The van der Waals surface area contributed by atoms with Gasteiger partial charge in [-0.25, -0.2) is 4.79 Å². The predicted molar refractivity (Wildman–Crippen MR) is 56.3 cm³/mol. The number of aromatic amines is 1. The molecule has 0 aromatic carbocycles. The minimum absolute atomic E-state index is 0.449. The van der Waals surface area contributed by atoms with Crippen LogP contribution in [0.3, 0.4) is 0 Å². The van der Waals surface area contributed by atoms with Crippen LogP contribution in [0.25, 0.3) is 0 Å². The van der Waals surface area contributed by atoms with Crippen LogP contribution in [-0.4, -0.2) is 44.6 Å². The van der Waals surface area contributed by atoms with Gasteiger partial charge in [0.25, 0.3) is 5.56 Å². The maximum Gasteiger partial charge on any atom is 0.330 e. The number of H-pyrrole nitrogens is 1. The maximum atomic E-state index is 13.1. The van der Waals surface area contributed by atoms with E-state index in [0.29, 0.717) is 10.8 Å². The normalized spacial score (nSPS) is 31.8. The summed E-state index contributed by atoms with van der Waals surface area (Å²) in [5, 5.41) is 18.7. The molecule has 9 heteroatoms. The van der Waals surface area contributed by atoms with Crippen LogP contribution in [-0.2, 0) is 4.74 Å². The number of hydrogen-bond donors (Lipinski definition) is 4. The van der Waals surface area contributed by atoms with E-state index in [9.17, 15) is 19.1 Å². The van der Waals surface area contributed by atoms with E-state index >= 15 is 0 Å². The van der Waals surface area contributed by atoms with Gasteiger partial charge in [0.1, 0.15) is 12.2 Å². The summed E-state index contributed by atoms with van der Waals surface area (Å²) in [6.07, 6.45) is -2.80. The summed E-state index contributed by atoms with van der Waals surface area (Å²) < 4.78 is 18.9.